The fourth-order valence-corrected chi connectivity index (χ4v) is 6.26. The van der Waals surface area contributed by atoms with E-state index in [1.165, 1.54) is 19.3 Å². The van der Waals surface area contributed by atoms with Gasteiger partial charge < -0.3 is 5.32 Å². The lowest BCUT2D eigenvalue weighted by Gasteiger charge is -2.56. The van der Waals surface area contributed by atoms with Gasteiger partial charge in [-0.1, -0.05) is 18.2 Å². The molecule has 1 aromatic heterocycles. The molecule has 4 aliphatic carbocycles. The van der Waals surface area contributed by atoms with Crippen molar-refractivity contribution in [1.29, 1.82) is 0 Å². The van der Waals surface area contributed by atoms with Gasteiger partial charge in [-0.05, 0) is 68.4 Å². The van der Waals surface area contributed by atoms with Crippen LogP contribution in [0.4, 0.5) is 0 Å². The number of nitrogens with zero attached hydrogens (tertiary/aromatic N) is 1. The minimum Gasteiger partial charge on any atom is -0.351 e. The smallest absolute Gasteiger partial charge is 0.231 e. The highest BCUT2D eigenvalue weighted by Crippen LogP contribution is 2.55. The van der Waals surface area contributed by atoms with E-state index in [1.807, 2.05) is 36.5 Å². The van der Waals surface area contributed by atoms with Crippen molar-refractivity contribution in [2.45, 2.75) is 56.9 Å². The Morgan fingerprint density at radius 2 is 1.62 bits per heavy atom. The second-order valence-corrected chi connectivity index (χ2v) is 8.88. The molecule has 1 aromatic carbocycles. The number of carbonyl (C=O) groups is 2. The quantitative estimate of drug-likeness (QED) is 0.901. The molecule has 4 saturated carbocycles. The van der Waals surface area contributed by atoms with Crippen LogP contribution in [0.3, 0.4) is 0 Å². The highest BCUT2D eigenvalue weighted by molar-refractivity contribution is 5.94. The van der Waals surface area contributed by atoms with Gasteiger partial charge in [-0.15, -0.1) is 0 Å². The first-order chi connectivity index (χ1) is 12.6. The second-order valence-electron chi connectivity index (χ2n) is 8.88. The van der Waals surface area contributed by atoms with Gasteiger partial charge in [0.25, 0.3) is 0 Å². The Hall–Kier alpha value is -2.10. The maximum absolute atomic E-state index is 12.6. The lowest BCUT2D eigenvalue weighted by atomic mass is 9.53. The molecule has 0 aliphatic heterocycles. The number of para-hydroxylation sites is 1. The van der Waals surface area contributed by atoms with Crippen molar-refractivity contribution >= 4 is 22.7 Å². The summed E-state index contributed by atoms with van der Waals surface area (Å²) >= 11 is 0. The van der Waals surface area contributed by atoms with Crippen molar-refractivity contribution in [3.05, 3.63) is 36.5 Å². The van der Waals surface area contributed by atoms with Gasteiger partial charge in [-0.25, -0.2) is 0 Å². The van der Waals surface area contributed by atoms with Crippen LogP contribution in [0.25, 0.3) is 10.9 Å². The van der Waals surface area contributed by atoms with E-state index >= 15 is 0 Å². The minimum absolute atomic E-state index is 0.00754. The van der Waals surface area contributed by atoms with E-state index in [0.29, 0.717) is 0 Å². The minimum atomic E-state index is -0.00754. The van der Waals surface area contributed by atoms with Crippen LogP contribution in [0.5, 0.6) is 0 Å². The third-order valence-electron chi connectivity index (χ3n) is 6.88. The van der Waals surface area contributed by atoms with Gasteiger partial charge >= 0.3 is 0 Å². The molecule has 4 fully saturated rings. The molecule has 2 aromatic rings. The summed E-state index contributed by atoms with van der Waals surface area (Å²) in [7, 11) is 0. The van der Waals surface area contributed by atoms with Crippen LogP contribution in [-0.4, -0.2) is 21.9 Å². The van der Waals surface area contributed by atoms with E-state index in [9.17, 15) is 9.59 Å². The molecule has 4 bridgehead atoms. The Morgan fingerprint density at radius 3 is 2.31 bits per heavy atom. The molecule has 1 amide bonds. The van der Waals surface area contributed by atoms with Gasteiger partial charge in [0.15, 0.2) is 0 Å². The maximum atomic E-state index is 12.6. The molecule has 4 heteroatoms. The van der Waals surface area contributed by atoms with E-state index in [4.69, 9.17) is 0 Å². The fourth-order valence-electron chi connectivity index (χ4n) is 6.26. The van der Waals surface area contributed by atoms with Crippen LogP contribution in [-0.2, 0) is 4.79 Å². The molecule has 26 heavy (non-hydrogen) atoms. The topological polar surface area (TPSA) is 51.1 Å². The first-order valence-electron chi connectivity index (χ1n) is 10.0. The molecular weight excluding hydrogens is 324 g/mol. The number of fused-ring (bicyclic) bond motifs is 1. The number of hydrogen-bond donors (Lipinski definition) is 1. The summed E-state index contributed by atoms with van der Waals surface area (Å²) < 4.78 is 1.67. The van der Waals surface area contributed by atoms with Crippen LogP contribution < -0.4 is 5.32 Å². The van der Waals surface area contributed by atoms with E-state index in [0.717, 1.165) is 47.9 Å². The number of nitrogens with one attached hydrogen (secondary N) is 1. The standard InChI is InChI=1S/C22H26N2O2/c25-20(23-22-12-15-9-16(13-22)11-17(10-15)14-22)5-6-21(26)24-8-7-18-3-1-2-4-19(18)24/h1-4,7-8,15-17H,5-6,9-14H2,(H,23,25). The lowest BCUT2D eigenvalue weighted by molar-refractivity contribution is -0.126. The predicted molar refractivity (Wildman–Crippen MR) is 101 cm³/mol. The van der Waals surface area contributed by atoms with Crippen molar-refractivity contribution in [2.24, 2.45) is 17.8 Å². The zero-order chi connectivity index (χ0) is 17.7. The average Bonchev–Trinajstić information content (AvgIpc) is 3.02. The van der Waals surface area contributed by atoms with E-state index in [-0.39, 0.29) is 30.2 Å². The molecule has 0 saturated heterocycles. The van der Waals surface area contributed by atoms with E-state index in [2.05, 4.69) is 5.32 Å². The zero-order valence-corrected chi connectivity index (χ0v) is 15.1. The SMILES string of the molecule is O=C(CCC(=O)n1ccc2ccccc21)NC12CC3CC(CC(C3)C1)C2. The largest absolute Gasteiger partial charge is 0.351 e. The average molecular weight is 350 g/mol. The first-order valence-corrected chi connectivity index (χ1v) is 10.0. The normalized spacial score (nSPS) is 32.1. The van der Waals surface area contributed by atoms with Gasteiger partial charge in [-0.2, -0.15) is 0 Å². The third-order valence-corrected chi connectivity index (χ3v) is 6.88. The second kappa shape index (κ2) is 5.97. The van der Waals surface area contributed by atoms with Crippen LogP contribution in [0.2, 0.25) is 0 Å². The molecule has 1 N–H and O–H groups in total. The molecule has 6 rings (SSSR count). The summed E-state index contributed by atoms with van der Waals surface area (Å²) in [5, 5.41) is 4.42. The monoisotopic (exact) mass is 350 g/mol. The van der Waals surface area contributed by atoms with Crippen LogP contribution in [0, 0.1) is 17.8 Å². The molecule has 4 nitrogen and oxygen atoms in total. The Labute approximate surface area is 153 Å². The Kier molecular flexibility index (Phi) is 3.70. The van der Waals surface area contributed by atoms with E-state index in [1.54, 1.807) is 4.57 Å². The van der Waals surface area contributed by atoms with Gasteiger partial charge in [0.1, 0.15) is 0 Å². The lowest BCUT2D eigenvalue weighted by Crippen LogP contribution is -2.59. The van der Waals surface area contributed by atoms with Crippen LogP contribution in [0.1, 0.15) is 56.2 Å². The zero-order valence-electron chi connectivity index (χ0n) is 15.1. The molecule has 0 radical (unpaired) electrons. The van der Waals surface area contributed by atoms with Crippen molar-refractivity contribution < 1.29 is 9.59 Å². The van der Waals surface area contributed by atoms with Crippen molar-refractivity contribution in [3.63, 3.8) is 0 Å². The summed E-state index contributed by atoms with van der Waals surface area (Å²) in [5.41, 5.74) is 0.952. The summed E-state index contributed by atoms with van der Waals surface area (Å²) in [6.45, 7) is 0. The molecule has 0 spiro atoms. The predicted octanol–water partition coefficient (Wildman–Crippen LogP) is 4.15. The van der Waals surface area contributed by atoms with Gasteiger partial charge in [0, 0.05) is 30.0 Å². The number of rotatable bonds is 4. The highest BCUT2D eigenvalue weighted by Gasteiger charge is 2.51. The number of amides is 1. The van der Waals surface area contributed by atoms with Gasteiger partial charge in [-0.3, -0.25) is 14.2 Å². The third kappa shape index (κ3) is 2.76. The number of carbonyl (C=O) groups excluding carboxylic acids is 2. The number of hydrogen-bond acceptors (Lipinski definition) is 2. The summed E-state index contributed by atoms with van der Waals surface area (Å²) in [4.78, 5) is 25.2. The highest BCUT2D eigenvalue weighted by atomic mass is 16.2. The number of benzene rings is 1. The first kappa shape index (κ1) is 16.1. The Balaban J connectivity index is 1.22. The van der Waals surface area contributed by atoms with Crippen molar-refractivity contribution in [2.75, 3.05) is 0 Å². The van der Waals surface area contributed by atoms with Crippen molar-refractivity contribution in [1.82, 2.24) is 9.88 Å². The summed E-state index contributed by atoms with van der Waals surface area (Å²) in [5.74, 6) is 2.49. The van der Waals surface area contributed by atoms with Crippen LogP contribution in [0.15, 0.2) is 36.5 Å². The van der Waals surface area contributed by atoms with E-state index < -0.39 is 0 Å². The van der Waals surface area contributed by atoms with Crippen molar-refractivity contribution in [3.8, 4) is 0 Å². The molecule has 1 heterocycles. The summed E-state index contributed by atoms with van der Waals surface area (Å²) in [6.07, 6.45) is 9.92. The molecular formula is C22H26N2O2. The molecule has 0 atom stereocenters. The van der Waals surface area contributed by atoms with Gasteiger partial charge in [0.2, 0.25) is 11.8 Å². The Morgan fingerprint density at radius 1 is 0.962 bits per heavy atom. The molecule has 0 unspecified atom stereocenters. The fraction of sp³-hybridized carbons (Fsp3) is 0.545. The maximum Gasteiger partial charge on any atom is 0.231 e. The van der Waals surface area contributed by atoms with Gasteiger partial charge in [0.05, 0.1) is 5.52 Å². The molecule has 4 aliphatic rings. The number of aromatic nitrogens is 1. The molecule has 136 valence electrons. The summed E-state index contributed by atoms with van der Waals surface area (Å²) in [6, 6.07) is 9.80. The Bertz CT molecular complexity index is 831. The van der Waals surface area contributed by atoms with Crippen LogP contribution >= 0.6 is 0 Å².